The molecule has 0 radical (unpaired) electrons. The van der Waals surface area contributed by atoms with Gasteiger partial charge in [-0.25, -0.2) is 4.98 Å². The van der Waals surface area contributed by atoms with Crippen LogP contribution in [-0.4, -0.2) is 16.7 Å². The van der Waals surface area contributed by atoms with Gasteiger partial charge >= 0.3 is 0 Å². The number of hydrogen-bond donors (Lipinski definition) is 1. The lowest BCUT2D eigenvalue weighted by atomic mass is 10.2. The molecule has 0 spiro atoms. The molecule has 0 bridgehead atoms. The first-order valence-corrected chi connectivity index (χ1v) is 6.98. The summed E-state index contributed by atoms with van der Waals surface area (Å²) in [5.41, 5.74) is 9.95. The number of fused-ring (bicyclic) bond motifs is 1. The third kappa shape index (κ3) is 2.04. The van der Waals surface area contributed by atoms with Gasteiger partial charge in [0, 0.05) is 4.47 Å². The molecule has 0 fully saturated rings. The standard InChI is InChI=1S/C15H14BrN3O/c1-9-3-5-12-11(7-9)18-15(17)19(12)13-8-10(16)4-6-14(13)20-2/h3-8H,1-2H3,(H2,17,18). The van der Waals surface area contributed by atoms with Crippen molar-refractivity contribution >= 4 is 32.9 Å². The molecule has 0 aliphatic heterocycles. The Kier molecular flexibility index (Phi) is 3.14. The maximum absolute atomic E-state index is 6.09. The van der Waals surface area contributed by atoms with E-state index in [4.69, 9.17) is 10.5 Å². The number of aryl methyl sites for hydroxylation is 1. The second kappa shape index (κ2) is 4.83. The minimum absolute atomic E-state index is 0.446. The summed E-state index contributed by atoms with van der Waals surface area (Å²) in [6.45, 7) is 2.04. The second-order valence-electron chi connectivity index (χ2n) is 4.61. The molecule has 2 N–H and O–H groups in total. The van der Waals surface area contributed by atoms with Crippen LogP contribution in [0.2, 0.25) is 0 Å². The van der Waals surface area contributed by atoms with Crippen LogP contribution in [0.1, 0.15) is 5.56 Å². The Morgan fingerprint density at radius 2 is 2.00 bits per heavy atom. The van der Waals surface area contributed by atoms with E-state index >= 15 is 0 Å². The highest BCUT2D eigenvalue weighted by atomic mass is 79.9. The Morgan fingerprint density at radius 3 is 2.75 bits per heavy atom. The lowest BCUT2D eigenvalue weighted by Gasteiger charge is -2.12. The summed E-state index contributed by atoms with van der Waals surface area (Å²) < 4.78 is 8.29. The van der Waals surface area contributed by atoms with Gasteiger partial charge < -0.3 is 10.5 Å². The zero-order valence-corrected chi connectivity index (χ0v) is 12.8. The average Bonchev–Trinajstić information content (AvgIpc) is 2.73. The molecule has 3 rings (SSSR count). The molecule has 20 heavy (non-hydrogen) atoms. The van der Waals surface area contributed by atoms with E-state index in [-0.39, 0.29) is 0 Å². The lowest BCUT2D eigenvalue weighted by Crippen LogP contribution is -2.02. The highest BCUT2D eigenvalue weighted by molar-refractivity contribution is 9.10. The molecule has 2 aromatic carbocycles. The maximum atomic E-state index is 6.09. The van der Waals surface area contributed by atoms with Gasteiger partial charge in [0.05, 0.1) is 23.8 Å². The smallest absolute Gasteiger partial charge is 0.206 e. The number of nitrogens with zero attached hydrogens (tertiary/aromatic N) is 2. The predicted molar refractivity (Wildman–Crippen MR) is 84.5 cm³/mol. The van der Waals surface area contributed by atoms with E-state index in [2.05, 4.69) is 20.9 Å². The first kappa shape index (κ1) is 13.0. The maximum Gasteiger partial charge on any atom is 0.206 e. The number of nitrogen functional groups attached to an aromatic ring is 1. The largest absolute Gasteiger partial charge is 0.495 e. The zero-order valence-electron chi connectivity index (χ0n) is 11.2. The molecule has 1 aromatic heterocycles. The van der Waals surface area contributed by atoms with Gasteiger partial charge in [-0.05, 0) is 42.8 Å². The van der Waals surface area contributed by atoms with Crippen molar-refractivity contribution in [2.24, 2.45) is 0 Å². The van der Waals surface area contributed by atoms with Crippen LogP contribution in [0.5, 0.6) is 5.75 Å². The third-order valence-corrected chi connectivity index (χ3v) is 3.71. The number of anilines is 1. The summed E-state index contributed by atoms with van der Waals surface area (Å²) >= 11 is 3.48. The van der Waals surface area contributed by atoms with Gasteiger partial charge in [0.25, 0.3) is 0 Å². The number of benzene rings is 2. The minimum atomic E-state index is 0.446. The Labute approximate surface area is 125 Å². The van der Waals surface area contributed by atoms with E-state index in [1.54, 1.807) is 7.11 Å². The van der Waals surface area contributed by atoms with Crippen LogP contribution in [0.25, 0.3) is 16.7 Å². The number of nitrogens with two attached hydrogens (primary N) is 1. The molecule has 0 atom stereocenters. The number of imidazole rings is 1. The van der Waals surface area contributed by atoms with Crippen LogP contribution in [0.15, 0.2) is 40.9 Å². The molecule has 5 heteroatoms. The molecule has 0 amide bonds. The van der Waals surface area contributed by atoms with E-state index in [0.29, 0.717) is 5.95 Å². The van der Waals surface area contributed by atoms with Gasteiger partial charge in [-0.3, -0.25) is 4.57 Å². The molecule has 102 valence electrons. The van der Waals surface area contributed by atoms with Crippen LogP contribution >= 0.6 is 15.9 Å². The van der Waals surface area contributed by atoms with Gasteiger partial charge in [0.1, 0.15) is 5.75 Å². The van der Waals surface area contributed by atoms with Crippen molar-refractivity contribution in [3.63, 3.8) is 0 Å². The second-order valence-corrected chi connectivity index (χ2v) is 5.53. The number of ether oxygens (including phenoxy) is 1. The fourth-order valence-corrected chi connectivity index (χ4v) is 2.65. The first-order chi connectivity index (χ1) is 9.60. The summed E-state index contributed by atoms with van der Waals surface area (Å²) in [7, 11) is 1.65. The summed E-state index contributed by atoms with van der Waals surface area (Å²) in [6.07, 6.45) is 0. The van der Waals surface area contributed by atoms with Gasteiger partial charge in [0.2, 0.25) is 5.95 Å². The number of methoxy groups -OCH3 is 1. The summed E-state index contributed by atoms with van der Waals surface area (Å²) in [4.78, 5) is 4.43. The molecule has 4 nitrogen and oxygen atoms in total. The quantitative estimate of drug-likeness (QED) is 0.779. The number of rotatable bonds is 2. The molecular formula is C15H14BrN3O. The highest BCUT2D eigenvalue weighted by Gasteiger charge is 2.14. The fraction of sp³-hybridized carbons (Fsp3) is 0.133. The van der Waals surface area contributed by atoms with Crippen molar-refractivity contribution in [3.8, 4) is 11.4 Å². The van der Waals surface area contributed by atoms with Gasteiger partial charge in [-0.2, -0.15) is 0 Å². The molecule has 0 saturated carbocycles. The van der Waals surface area contributed by atoms with Crippen LogP contribution in [-0.2, 0) is 0 Å². The Hall–Kier alpha value is -2.01. The Bertz CT molecular complexity index is 795. The first-order valence-electron chi connectivity index (χ1n) is 6.18. The molecular weight excluding hydrogens is 318 g/mol. The zero-order chi connectivity index (χ0) is 14.3. The van der Waals surface area contributed by atoms with Crippen LogP contribution in [0.4, 0.5) is 5.95 Å². The van der Waals surface area contributed by atoms with Crippen LogP contribution in [0, 0.1) is 6.92 Å². The Balaban J connectivity index is 2.34. The van der Waals surface area contributed by atoms with Crippen molar-refractivity contribution in [2.75, 3.05) is 12.8 Å². The fourth-order valence-electron chi connectivity index (χ4n) is 2.30. The molecule has 0 unspecified atom stereocenters. The summed E-state index contributed by atoms with van der Waals surface area (Å²) in [5.74, 6) is 1.20. The molecule has 3 aromatic rings. The van der Waals surface area contributed by atoms with Gasteiger partial charge in [-0.1, -0.05) is 22.0 Å². The van der Waals surface area contributed by atoms with Crippen LogP contribution in [0.3, 0.4) is 0 Å². The average molecular weight is 332 g/mol. The van der Waals surface area contributed by atoms with Crippen molar-refractivity contribution in [2.45, 2.75) is 6.92 Å². The topological polar surface area (TPSA) is 53.1 Å². The number of halogens is 1. The Morgan fingerprint density at radius 1 is 1.20 bits per heavy atom. The normalized spacial score (nSPS) is 10.9. The van der Waals surface area contributed by atoms with Crippen LogP contribution < -0.4 is 10.5 Å². The summed E-state index contributed by atoms with van der Waals surface area (Å²) in [5, 5.41) is 0. The van der Waals surface area contributed by atoms with Crippen molar-refractivity contribution in [3.05, 3.63) is 46.4 Å². The number of aromatic nitrogens is 2. The SMILES string of the molecule is COc1ccc(Br)cc1-n1c(N)nc2cc(C)ccc21. The monoisotopic (exact) mass is 331 g/mol. The highest BCUT2D eigenvalue weighted by Crippen LogP contribution is 2.32. The predicted octanol–water partition coefficient (Wildman–Crippen LogP) is 3.69. The van der Waals surface area contributed by atoms with E-state index < -0.39 is 0 Å². The molecule has 0 aliphatic carbocycles. The third-order valence-electron chi connectivity index (χ3n) is 3.22. The van der Waals surface area contributed by atoms with Crippen molar-refractivity contribution in [1.82, 2.24) is 9.55 Å². The minimum Gasteiger partial charge on any atom is -0.495 e. The molecule has 0 aliphatic rings. The lowest BCUT2D eigenvalue weighted by molar-refractivity contribution is 0.413. The van der Waals surface area contributed by atoms with E-state index in [1.807, 2.05) is 47.9 Å². The molecule has 1 heterocycles. The van der Waals surface area contributed by atoms with E-state index in [9.17, 15) is 0 Å². The number of hydrogen-bond acceptors (Lipinski definition) is 3. The van der Waals surface area contributed by atoms with Gasteiger partial charge in [-0.15, -0.1) is 0 Å². The summed E-state index contributed by atoms with van der Waals surface area (Å²) in [6, 6.07) is 11.9. The van der Waals surface area contributed by atoms with Crippen molar-refractivity contribution < 1.29 is 4.74 Å². The van der Waals surface area contributed by atoms with Gasteiger partial charge in [0.15, 0.2) is 0 Å². The van der Waals surface area contributed by atoms with E-state index in [1.165, 1.54) is 0 Å². The van der Waals surface area contributed by atoms with E-state index in [0.717, 1.165) is 32.5 Å². The van der Waals surface area contributed by atoms with Crippen molar-refractivity contribution in [1.29, 1.82) is 0 Å². The molecule has 0 saturated heterocycles.